The van der Waals surface area contributed by atoms with Gasteiger partial charge in [-0.15, -0.1) is 0 Å². The number of hydrogen-bond acceptors (Lipinski definition) is 6. The van der Waals surface area contributed by atoms with Crippen LogP contribution in [0.3, 0.4) is 0 Å². The highest BCUT2D eigenvalue weighted by atomic mass is 79.9. The SMILES string of the molecule is Brc1cnc(N2CC(=NOC3COC3)C2)nc1. The largest absolute Gasteiger partial charge is 0.387 e. The molecule has 90 valence electrons. The van der Waals surface area contributed by atoms with Crippen LogP contribution < -0.4 is 4.90 Å². The molecule has 2 aliphatic heterocycles. The first-order valence-corrected chi connectivity index (χ1v) is 6.12. The first kappa shape index (κ1) is 10.9. The summed E-state index contributed by atoms with van der Waals surface area (Å²) in [6.45, 7) is 2.76. The molecule has 0 amide bonds. The number of aromatic nitrogens is 2. The topological polar surface area (TPSA) is 59.8 Å². The minimum atomic E-state index is 0.139. The number of hydrogen-bond donors (Lipinski definition) is 0. The lowest BCUT2D eigenvalue weighted by Crippen LogP contribution is -2.49. The first-order chi connectivity index (χ1) is 8.31. The second-order valence-corrected chi connectivity index (χ2v) is 4.90. The zero-order valence-electron chi connectivity index (χ0n) is 9.04. The molecule has 2 aliphatic rings. The monoisotopic (exact) mass is 298 g/mol. The van der Waals surface area contributed by atoms with E-state index in [-0.39, 0.29) is 6.10 Å². The molecule has 0 radical (unpaired) electrons. The van der Waals surface area contributed by atoms with Crippen molar-refractivity contribution in [1.82, 2.24) is 9.97 Å². The summed E-state index contributed by atoms with van der Waals surface area (Å²) in [5, 5.41) is 4.07. The smallest absolute Gasteiger partial charge is 0.226 e. The fourth-order valence-corrected chi connectivity index (χ4v) is 1.69. The van der Waals surface area contributed by atoms with E-state index in [0.29, 0.717) is 13.2 Å². The van der Waals surface area contributed by atoms with E-state index in [1.165, 1.54) is 0 Å². The van der Waals surface area contributed by atoms with Crippen LogP contribution in [-0.2, 0) is 9.57 Å². The van der Waals surface area contributed by atoms with Crippen molar-refractivity contribution in [3.63, 3.8) is 0 Å². The summed E-state index contributed by atoms with van der Waals surface area (Å²) in [7, 11) is 0. The molecule has 0 aromatic carbocycles. The summed E-state index contributed by atoms with van der Waals surface area (Å²) in [5.41, 5.74) is 1.02. The average molecular weight is 299 g/mol. The van der Waals surface area contributed by atoms with Crippen molar-refractivity contribution in [3.8, 4) is 0 Å². The third-order valence-electron chi connectivity index (χ3n) is 2.57. The van der Waals surface area contributed by atoms with Gasteiger partial charge in [0.05, 0.1) is 36.5 Å². The molecule has 1 aromatic rings. The third kappa shape index (κ3) is 2.39. The van der Waals surface area contributed by atoms with Gasteiger partial charge >= 0.3 is 0 Å². The zero-order valence-corrected chi connectivity index (χ0v) is 10.6. The Morgan fingerprint density at radius 3 is 2.65 bits per heavy atom. The number of nitrogens with zero attached hydrogens (tertiary/aromatic N) is 4. The van der Waals surface area contributed by atoms with Gasteiger partial charge < -0.3 is 14.5 Å². The van der Waals surface area contributed by atoms with Crippen molar-refractivity contribution in [3.05, 3.63) is 16.9 Å². The molecule has 0 N–H and O–H groups in total. The van der Waals surface area contributed by atoms with E-state index < -0.39 is 0 Å². The molecule has 3 rings (SSSR count). The van der Waals surface area contributed by atoms with Crippen molar-refractivity contribution in [2.45, 2.75) is 6.10 Å². The molecule has 0 spiro atoms. The summed E-state index contributed by atoms with van der Waals surface area (Å²) < 4.78 is 5.87. The number of oxime groups is 1. The lowest BCUT2D eigenvalue weighted by molar-refractivity contribution is -0.129. The Bertz CT molecular complexity index is 424. The van der Waals surface area contributed by atoms with Crippen LogP contribution in [0.5, 0.6) is 0 Å². The predicted molar refractivity (Wildman–Crippen MR) is 65.1 cm³/mol. The van der Waals surface area contributed by atoms with Crippen LogP contribution in [0.15, 0.2) is 22.0 Å². The van der Waals surface area contributed by atoms with Crippen LogP contribution >= 0.6 is 15.9 Å². The maximum absolute atomic E-state index is 5.27. The number of ether oxygens (including phenoxy) is 1. The average Bonchev–Trinajstić information content (AvgIpc) is 2.21. The molecule has 0 saturated carbocycles. The normalized spacial score (nSPS) is 19.6. The lowest BCUT2D eigenvalue weighted by Gasteiger charge is -2.32. The van der Waals surface area contributed by atoms with E-state index in [1.54, 1.807) is 12.4 Å². The van der Waals surface area contributed by atoms with Crippen LogP contribution in [-0.4, -0.2) is 48.1 Å². The fraction of sp³-hybridized carbons (Fsp3) is 0.500. The molecule has 3 heterocycles. The van der Waals surface area contributed by atoms with Gasteiger partial charge in [0.15, 0.2) is 6.10 Å². The molecular weight excluding hydrogens is 288 g/mol. The van der Waals surface area contributed by atoms with Gasteiger partial charge in [-0.3, -0.25) is 0 Å². The van der Waals surface area contributed by atoms with Gasteiger partial charge in [-0.25, -0.2) is 9.97 Å². The molecular formula is C10H11BrN4O2. The van der Waals surface area contributed by atoms with E-state index >= 15 is 0 Å². The molecule has 0 atom stereocenters. The fourth-order valence-electron chi connectivity index (χ4n) is 1.49. The van der Waals surface area contributed by atoms with Crippen LogP contribution in [0, 0.1) is 0 Å². The van der Waals surface area contributed by atoms with Crippen LogP contribution in [0.4, 0.5) is 5.95 Å². The quantitative estimate of drug-likeness (QED) is 0.774. The summed E-state index contributed by atoms with van der Waals surface area (Å²) in [4.78, 5) is 15.7. The Morgan fingerprint density at radius 2 is 2.06 bits per heavy atom. The van der Waals surface area contributed by atoms with Crippen molar-refractivity contribution >= 4 is 27.6 Å². The Morgan fingerprint density at radius 1 is 1.35 bits per heavy atom. The van der Waals surface area contributed by atoms with Crippen molar-refractivity contribution in [2.75, 3.05) is 31.2 Å². The highest BCUT2D eigenvalue weighted by Gasteiger charge is 2.26. The van der Waals surface area contributed by atoms with Gasteiger partial charge in [0.2, 0.25) is 5.95 Å². The molecule has 2 fully saturated rings. The van der Waals surface area contributed by atoms with Gasteiger partial charge in [-0.05, 0) is 15.9 Å². The predicted octanol–water partition coefficient (Wildman–Crippen LogP) is 0.830. The lowest BCUT2D eigenvalue weighted by atomic mass is 10.2. The van der Waals surface area contributed by atoms with Gasteiger partial charge in [-0.2, -0.15) is 0 Å². The molecule has 0 unspecified atom stereocenters. The van der Waals surface area contributed by atoms with Gasteiger partial charge in [0, 0.05) is 12.4 Å². The second-order valence-electron chi connectivity index (χ2n) is 3.98. The summed E-state index contributed by atoms with van der Waals surface area (Å²) >= 11 is 3.30. The number of halogens is 1. The van der Waals surface area contributed by atoms with E-state index in [4.69, 9.17) is 9.57 Å². The van der Waals surface area contributed by atoms with Crippen molar-refractivity contribution in [1.29, 1.82) is 0 Å². The maximum Gasteiger partial charge on any atom is 0.226 e. The standard InChI is InChI=1S/C10H11BrN4O2/c11-7-1-12-10(13-2-7)15-3-8(4-15)14-17-9-5-16-6-9/h1-2,9H,3-6H2. The van der Waals surface area contributed by atoms with Crippen molar-refractivity contribution in [2.24, 2.45) is 5.16 Å². The second kappa shape index (κ2) is 4.58. The van der Waals surface area contributed by atoms with Crippen molar-refractivity contribution < 1.29 is 9.57 Å². The van der Waals surface area contributed by atoms with Gasteiger partial charge in [-0.1, -0.05) is 5.16 Å². The van der Waals surface area contributed by atoms with Crippen LogP contribution in [0.1, 0.15) is 0 Å². The van der Waals surface area contributed by atoms with E-state index in [2.05, 4.69) is 31.1 Å². The Labute approximate surface area is 107 Å². The molecule has 2 saturated heterocycles. The minimum absolute atomic E-state index is 0.139. The van der Waals surface area contributed by atoms with Gasteiger partial charge in [0.1, 0.15) is 0 Å². The third-order valence-corrected chi connectivity index (χ3v) is 2.98. The molecule has 1 aromatic heterocycles. The Balaban J connectivity index is 1.51. The number of rotatable bonds is 3. The molecule has 0 bridgehead atoms. The minimum Gasteiger partial charge on any atom is -0.387 e. The molecule has 0 aliphatic carbocycles. The molecule has 6 nitrogen and oxygen atoms in total. The maximum atomic E-state index is 5.27. The molecule has 17 heavy (non-hydrogen) atoms. The van der Waals surface area contributed by atoms with E-state index in [9.17, 15) is 0 Å². The Hall–Kier alpha value is -1.21. The Kier molecular flexibility index (Phi) is 2.94. The highest BCUT2D eigenvalue weighted by Crippen LogP contribution is 2.16. The van der Waals surface area contributed by atoms with E-state index in [1.807, 2.05) is 4.90 Å². The van der Waals surface area contributed by atoms with Crippen LogP contribution in [0.25, 0.3) is 0 Å². The van der Waals surface area contributed by atoms with E-state index in [0.717, 1.165) is 29.2 Å². The highest BCUT2D eigenvalue weighted by molar-refractivity contribution is 9.10. The first-order valence-electron chi connectivity index (χ1n) is 5.33. The summed E-state index contributed by atoms with van der Waals surface area (Å²) in [5.74, 6) is 0.721. The summed E-state index contributed by atoms with van der Waals surface area (Å²) in [6.07, 6.45) is 3.61. The van der Waals surface area contributed by atoms with Crippen LogP contribution in [0.2, 0.25) is 0 Å². The van der Waals surface area contributed by atoms with Gasteiger partial charge in [0.25, 0.3) is 0 Å². The summed E-state index contributed by atoms with van der Waals surface area (Å²) in [6, 6.07) is 0. The zero-order chi connectivity index (χ0) is 11.7. The molecule has 7 heteroatoms. The number of anilines is 1.